The number of anilines is 1. The number of hydrogen-bond donors (Lipinski definition) is 1. The lowest BCUT2D eigenvalue weighted by molar-refractivity contribution is 0.0598. The van der Waals surface area contributed by atoms with Crippen LogP contribution < -0.4 is 10.1 Å². The molecule has 0 spiro atoms. The van der Waals surface area contributed by atoms with Gasteiger partial charge >= 0.3 is 0 Å². The van der Waals surface area contributed by atoms with Crippen LogP contribution >= 0.6 is 15.9 Å². The second-order valence-electron chi connectivity index (χ2n) is 10.0. The van der Waals surface area contributed by atoms with Gasteiger partial charge < -0.3 is 15.0 Å². The van der Waals surface area contributed by atoms with Gasteiger partial charge in [-0.25, -0.2) is 0 Å². The van der Waals surface area contributed by atoms with Crippen LogP contribution in [0.2, 0.25) is 0 Å². The molecule has 0 unspecified atom stereocenters. The summed E-state index contributed by atoms with van der Waals surface area (Å²) in [6.45, 7) is 5.20. The summed E-state index contributed by atoms with van der Waals surface area (Å²) in [6.07, 6.45) is 0.833. The maximum Gasteiger partial charge on any atom is 0.259 e. The molecule has 7 heteroatoms. The number of carbonyl (C=O) groups excluding carboxylic acids is 2. The molecule has 6 nitrogen and oxygen atoms in total. The predicted molar refractivity (Wildman–Crippen MR) is 167 cm³/mol. The SMILES string of the molecule is CCCOc1ccc(Br)cc1C(=O)Nc1ccccc1C(=O)N1CCN(C(c2ccccc2)c2ccccc2)CC1. The van der Waals surface area contributed by atoms with Gasteiger partial charge in [0, 0.05) is 30.7 Å². The molecule has 1 saturated heterocycles. The third-order valence-corrected chi connectivity index (χ3v) is 7.74. The van der Waals surface area contributed by atoms with Crippen LogP contribution in [0.5, 0.6) is 5.75 Å². The summed E-state index contributed by atoms with van der Waals surface area (Å²) in [4.78, 5) is 31.4. The summed E-state index contributed by atoms with van der Waals surface area (Å²) in [6, 6.07) is 33.7. The van der Waals surface area contributed by atoms with Crippen molar-refractivity contribution in [2.75, 3.05) is 38.1 Å². The molecule has 1 aliphatic rings. The number of nitrogens with one attached hydrogen (secondary N) is 1. The fourth-order valence-corrected chi connectivity index (χ4v) is 5.59. The summed E-state index contributed by atoms with van der Waals surface area (Å²) in [5.74, 6) is 0.100. The molecular formula is C34H34BrN3O3. The van der Waals surface area contributed by atoms with Crippen LogP contribution in [0.4, 0.5) is 5.69 Å². The van der Waals surface area contributed by atoms with Crippen LogP contribution in [0.1, 0.15) is 51.2 Å². The molecule has 1 fully saturated rings. The second kappa shape index (κ2) is 13.6. The first kappa shape index (κ1) is 28.6. The molecule has 0 aromatic heterocycles. The van der Waals surface area contributed by atoms with Gasteiger partial charge in [-0.3, -0.25) is 14.5 Å². The Kier molecular flexibility index (Phi) is 9.49. The number of halogens is 1. The monoisotopic (exact) mass is 611 g/mol. The minimum atomic E-state index is -0.323. The van der Waals surface area contributed by atoms with Gasteiger partial charge in [0.2, 0.25) is 0 Å². The number of piperazine rings is 1. The number of benzene rings is 4. The van der Waals surface area contributed by atoms with Crippen molar-refractivity contribution in [3.63, 3.8) is 0 Å². The molecule has 1 N–H and O–H groups in total. The van der Waals surface area contributed by atoms with E-state index in [1.165, 1.54) is 11.1 Å². The highest BCUT2D eigenvalue weighted by Crippen LogP contribution is 2.30. The Morgan fingerprint density at radius 1 is 0.805 bits per heavy atom. The van der Waals surface area contributed by atoms with E-state index in [4.69, 9.17) is 4.74 Å². The third kappa shape index (κ3) is 6.87. The highest BCUT2D eigenvalue weighted by molar-refractivity contribution is 9.10. The standard InChI is InChI=1S/C34H34BrN3O3/c1-2-23-41-31-18-17-27(35)24-29(31)33(39)36-30-16-10-9-15-28(30)34(40)38-21-19-37(20-22-38)32(25-11-5-3-6-12-25)26-13-7-4-8-14-26/h3-18,24,32H,2,19-23H2,1H3,(H,36,39). The molecule has 41 heavy (non-hydrogen) atoms. The molecule has 1 aliphatic heterocycles. The minimum absolute atomic E-state index is 0.0896. The van der Waals surface area contributed by atoms with Gasteiger partial charge in [0.15, 0.2) is 0 Å². The number of amides is 2. The number of rotatable bonds is 9. The topological polar surface area (TPSA) is 61.9 Å². The molecule has 4 aromatic carbocycles. The summed E-state index contributed by atoms with van der Waals surface area (Å²) < 4.78 is 6.58. The molecule has 0 aliphatic carbocycles. The molecule has 0 saturated carbocycles. The van der Waals surface area contributed by atoms with E-state index in [2.05, 4.69) is 74.7 Å². The van der Waals surface area contributed by atoms with Crippen molar-refractivity contribution in [3.8, 4) is 5.75 Å². The molecule has 5 rings (SSSR count). The average molecular weight is 613 g/mol. The summed E-state index contributed by atoms with van der Waals surface area (Å²) >= 11 is 3.45. The van der Waals surface area contributed by atoms with Crippen LogP contribution in [-0.4, -0.2) is 54.4 Å². The highest BCUT2D eigenvalue weighted by atomic mass is 79.9. The maximum atomic E-state index is 13.7. The molecule has 0 atom stereocenters. The van der Waals surface area contributed by atoms with Crippen molar-refractivity contribution in [3.05, 3.63) is 130 Å². The normalized spacial score (nSPS) is 13.7. The molecule has 0 bridgehead atoms. The van der Waals surface area contributed by atoms with E-state index in [9.17, 15) is 9.59 Å². The lowest BCUT2D eigenvalue weighted by atomic mass is 9.96. The highest BCUT2D eigenvalue weighted by Gasteiger charge is 2.29. The van der Waals surface area contributed by atoms with E-state index in [1.54, 1.807) is 24.3 Å². The van der Waals surface area contributed by atoms with E-state index in [0.29, 0.717) is 42.3 Å². The van der Waals surface area contributed by atoms with Gasteiger partial charge in [-0.05, 0) is 47.9 Å². The first-order chi connectivity index (χ1) is 20.0. The van der Waals surface area contributed by atoms with Crippen LogP contribution in [-0.2, 0) is 0 Å². The lowest BCUT2D eigenvalue weighted by Crippen LogP contribution is -2.50. The van der Waals surface area contributed by atoms with Crippen molar-refractivity contribution < 1.29 is 14.3 Å². The van der Waals surface area contributed by atoms with Crippen LogP contribution in [0.3, 0.4) is 0 Å². The van der Waals surface area contributed by atoms with E-state index in [0.717, 1.165) is 24.0 Å². The Morgan fingerprint density at radius 2 is 1.41 bits per heavy atom. The molecule has 2 amide bonds. The first-order valence-electron chi connectivity index (χ1n) is 14.0. The largest absolute Gasteiger partial charge is 0.493 e. The van der Waals surface area contributed by atoms with Gasteiger partial charge in [-0.2, -0.15) is 0 Å². The van der Waals surface area contributed by atoms with Crippen molar-refractivity contribution in [1.82, 2.24) is 9.80 Å². The van der Waals surface area contributed by atoms with Crippen molar-refractivity contribution >= 4 is 33.4 Å². The van der Waals surface area contributed by atoms with Crippen LogP contribution in [0.15, 0.2) is 108 Å². The average Bonchev–Trinajstić information content (AvgIpc) is 3.02. The van der Waals surface area contributed by atoms with E-state index >= 15 is 0 Å². The molecule has 210 valence electrons. The van der Waals surface area contributed by atoms with Crippen LogP contribution in [0.25, 0.3) is 0 Å². The Labute approximate surface area is 250 Å². The molecule has 4 aromatic rings. The van der Waals surface area contributed by atoms with Crippen LogP contribution in [0, 0.1) is 0 Å². The van der Waals surface area contributed by atoms with Gasteiger partial charge in [-0.1, -0.05) is 95.7 Å². The van der Waals surface area contributed by atoms with E-state index in [-0.39, 0.29) is 17.9 Å². The van der Waals surface area contributed by atoms with E-state index in [1.807, 2.05) is 42.2 Å². The number of carbonyl (C=O) groups is 2. The van der Waals surface area contributed by atoms with Gasteiger partial charge in [0.05, 0.1) is 29.5 Å². The van der Waals surface area contributed by atoms with Crippen molar-refractivity contribution in [2.24, 2.45) is 0 Å². The number of nitrogens with zero attached hydrogens (tertiary/aromatic N) is 2. The second-order valence-corrected chi connectivity index (χ2v) is 11.0. The molecule has 1 heterocycles. The van der Waals surface area contributed by atoms with Gasteiger partial charge in [-0.15, -0.1) is 0 Å². The van der Waals surface area contributed by atoms with Crippen molar-refractivity contribution in [1.29, 1.82) is 0 Å². The van der Waals surface area contributed by atoms with Crippen molar-refractivity contribution in [2.45, 2.75) is 19.4 Å². The lowest BCUT2D eigenvalue weighted by Gasteiger charge is -2.40. The number of ether oxygens (including phenoxy) is 1. The Hall–Kier alpha value is -3.94. The Bertz CT molecular complexity index is 1430. The zero-order chi connectivity index (χ0) is 28.6. The van der Waals surface area contributed by atoms with Gasteiger partial charge in [0.25, 0.3) is 11.8 Å². The summed E-state index contributed by atoms with van der Waals surface area (Å²) in [7, 11) is 0. The Morgan fingerprint density at radius 3 is 2.05 bits per heavy atom. The van der Waals surface area contributed by atoms with E-state index < -0.39 is 0 Å². The summed E-state index contributed by atoms with van der Waals surface area (Å²) in [5.41, 5.74) is 3.85. The smallest absolute Gasteiger partial charge is 0.259 e. The first-order valence-corrected chi connectivity index (χ1v) is 14.8. The zero-order valence-corrected chi connectivity index (χ0v) is 24.7. The molecule has 0 radical (unpaired) electrons. The number of hydrogen-bond acceptors (Lipinski definition) is 4. The quantitative estimate of drug-likeness (QED) is 0.220. The minimum Gasteiger partial charge on any atom is -0.493 e. The number of para-hydroxylation sites is 1. The predicted octanol–water partition coefficient (Wildman–Crippen LogP) is 7.04. The maximum absolute atomic E-state index is 13.7. The molecular weight excluding hydrogens is 578 g/mol. The summed E-state index contributed by atoms with van der Waals surface area (Å²) in [5, 5.41) is 2.96. The fraction of sp³-hybridized carbons (Fsp3) is 0.235. The zero-order valence-electron chi connectivity index (χ0n) is 23.1. The third-order valence-electron chi connectivity index (χ3n) is 7.25. The van der Waals surface area contributed by atoms with Gasteiger partial charge in [0.1, 0.15) is 5.75 Å². The Balaban J connectivity index is 1.31. The fourth-order valence-electron chi connectivity index (χ4n) is 5.22.